The summed E-state index contributed by atoms with van der Waals surface area (Å²) in [5.41, 5.74) is 3.14. The Balaban J connectivity index is 1.50. The highest BCUT2D eigenvalue weighted by Gasteiger charge is 2.22. The van der Waals surface area contributed by atoms with Gasteiger partial charge >= 0.3 is 0 Å². The number of hydrogen-bond donors (Lipinski definition) is 0. The average molecular weight is 343 g/mol. The quantitative estimate of drug-likeness (QED) is 0.833. The second-order valence-electron chi connectivity index (χ2n) is 6.48. The zero-order valence-electron chi connectivity index (χ0n) is 15.1. The molecule has 1 fully saturated rings. The van der Waals surface area contributed by atoms with E-state index in [2.05, 4.69) is 10.1 Å². The van der Waals surface area contributed by atoms with Gasteiger partial charge in [0.1, 0.15) is 11.5 Å². The van der Waals surface area contributed by atoms with Crippen LogP contribution in [0.4, 0.5) is 0 Å². The molecule has 3 rings (SSSR count). The Labute approximate surface area is 148 Å². The van der Waals surface area contributed by atoms with Crippen molar-refractivity contribution < 1.29 is 14.1 Å². The van der Waals surface area contributed by atoms with E-state index in [1.807, 2.05) is 43.0 Å². The summed E-state index contributed by atoms with van der Waals surface area (Å²) < 4.78 is 10.4. The number of methoxy groups -OCH3 is 1. The van der Waals surface area contributed by atoms with E-state index in [1.54, 1.807) is 7.11 Å². The number of aromatic nitrogens is 1. The van der Waals surface area contributed by atoms with Crippen LogP contribution in [0.15, 0.2) is 28.8 Å². The molecule has 0 aliphatic carbocycles. The molecule has 6 nitrogen and oxygen atoms in total. The molecule has 0 radical (unpaired) electrons. The van der Waals surface area contributed by atoms with Crippen LogP contribution in [0.5, 0.6) is 5.75 Å². The van der Waals surface area contributed by atoms with Crippen LogP contribution in [-0.4, -0.2) is 54.2 Å². The Morgan fingerprint density at radius 2 is 1.84 bits per heavy atom. The Bertz CT molecular complexity index is 697. The summed E-state index contributed by atoms with van der Waals surface area (Å²) >= 11 is 0. The van der Waals surface area contributed by atoms with E-state index in [-0.39, 0.29) is 5.91 Å². The second-order valence-corrected chi connectivity index (χ2v) is 6.48. The van der Waals surface area contributed by atoms with Crippen molar-refractivity contribution >= 4 is 5.91 Å². The van der Waals surface area contributed by atoms with Gasteiger partial charge in [-0.15, -0.1) is 0 Å². The van der Waals surface area contributed by atoms with E-state index in [9.17, 15) is 4.79 Å². The minimum Gasteiger partial charge on any atom is -0.497 e. The van der Waals surface area contributed by atoms with E-state index in [4.69, 9.17) is 9.26 Å². The zero-order valence-corrected chi connectivity index (χ0v) is 15.1. The minimum absolute atomic E-state index is 0.183. The van der Waals surface area contributed by atoms with Crippen molar-refractivity contribution in [2.75, 3.05) is 33.3 Å². The molecule has 0 saturated carbocycles. The van der Waals surface area contributed by atoms with Crippen LogP contribution >= 0.6 is 0 Å². The van der Waals surface area contributed by atoms with Crippen molar-refractivity contribution in [1.29, 1.82) is 0 Å². The molecule has 1 saturated heterocycles. The largest absolute Gasteiger partial charge is 0.497 e. The highest BCUT2D eigenvalue weighted by molar-refractivity contribution is 5.79. The van der Waals surface area contributed by atoms with Gasteiger partial charge in [-0.25, -0.2) is 0 Å². The van der Waals surface area contributed by atoms with Gasteiger partial charge in [-0.05, 0) is 31.5 Å². The number of piperazine rings is 1. The summed E-state index contributed by atoms with van der Waals surface area (Å²) in [5, 5.41) is 4.01. The topological polar surface area (TPSA) is 58.8 Å². The highest BCUT2D eigenvalue weighted by atomic mass is 16.5. The maximum absolute atomic E-state index is 12.5. The van der Waals surface area contributed by atoms with Gasteiger partial charge in [0.05, 0.1) is 19.2 Å². The molecule has 1 aliphatic heterocycles. The summed E-state index contributed by atoms with van der Waals surface area (Å²) in [6.45, 7) is 8.03. The van der Waals surface area contributed by atoms with Crippen LogP contribution in [0.2, 0.25) is 0 Å². The van der Waals surface area contributed by atoms with Crippen LogP contribution in [0.1, 0.15) is 22.6 Å². The number of ether oxygens (including phenoxy) is 1. The third-order valence-electron chi connectivity index (χ3n) is 4.80. The molecule has 25 heavy (non-hydrogen) atoms. The maximum atomic E-state index is 12.5. The molecule has 1 aromatic carbocycles. The first-order valence-electron chi connectivity index (χ1n) is 8.61. The first-order valence-corrected chi connectivity index (χ1v) is 8.61. The number of carbonyl (C=O) groups excluding carboxylic acids is 1. The number of aryl methyl sites for hydroxylation is 2. The predicted octanol–water partition coefficient (Wildman–Crippen LogP) is 2.19. The standard InChI is InChI=1S/C19H25N3O3/c1-14-18(15(2)25-20-14)13-21-8-10-22(11-9-21)19(23)12-16-4-6-17(24-3)7-5-16/h4-7H,8-13H2,1-3H3. The first kappa shape index (κ1) is 17.5. The lowest BCUT2D eigenvalue weighted by Crippen LogP contribution is -2.48. The Hall–Kier alpha value is -2.34. The third-order valence-corrected chi connectivity index (χ3v) is 4.80. The van der Waals surface area contributed by atoms with E-state index in [1.165, 1.54) is 0 Å². The van der Waals surface area contributed by atoms with Crippen molar-refractivity contribution in [3.8, 4) is 5.75 Å². The molecule has 134 valence electrons. The fraction of sp³-hybridized carbons (Fsp3) is 0.474. The molecule has 0 N–H and O–H groups in total. The number of hydrogen-bond acceptors (Lipinski definition) is 5. The van der Waals surface area contributed by atoms with Gasteiger partial charge < -0.3 is 14.2 Å². The molecule has 2 aromatic rings. The van der Waals surface area contributed by atoms with Gasteiger partial charge in [-0.1, -0.05) is 17.3 Å². The summed E-state index contributed by atoms with van der Waals surface area (Å²) in [7, 11) is 1.64. The van der Waals surface area contributed by atoms with Crippen molar-refractivity contribution in [1.82, 2.24) is 15.0 Å². The van der Waals surface area contributed by atoms with Gasteiger partial charge in [-0.2, -0.15) is 0 Å². The van der Waals surface area contributed by atoms with Crippen LogP contribution in [0.3, 0.4) is 0 Å². The molecule has 1 aromatic heterocycles. The molecule has 1 aliphatic rings. The van der Waals surface area contributed by atoms with Crippen LogP contribution < -0.4 is 4.74 Å². The lowest BCUT2D eigenvalue weighted by molar-refractivity contribution is -0.132. The molecule has 0 bridgehead atoms. The molecular weight excluding hydrogens is 318 g/mol. The fourth-order valence-corrected chi connectivity index (χ4v) is 3.14. The number of nitrogens with zero attached hydrogens (tertiary/aromatic N) is 3. The van der Waals surface area contributed by atoms with Gasteiger partial charge in [-0.3, -0.25) is 9.69 Å². The smallest absolute Gasteiger partial charge is 0.227 e. The molecule has 0 spiro atoms. The summed E-state index contributed by atoms with van der Waals surface area (Å²) in [6.07, 6.45) is 0.438. The third kappa shape index (κ3) is 4.20. The average Bonchev–Trinajstić information content (AvgIpc) is 2.95. The van der Waals surface area contributed by atoms with E-state index >= 15 is 0 Å². The SMILES string of the molecule is COc1ccc(CC(=O)N2CCN(Cc3c(C)noc3C)CC2)cc1. The number of rotatable bonds is 5. The molecule has 0 unspecified atom stereocenters. The van der Waals surface area contributed by atoms with Crippen LogP contribution in [0, 0.1) is 13.8 Å². The Morgan fingerprint density at radius 3 is 2.40 bits per heavy atom. The van der Waals surface area contributed by atoms with E-state index < -0.39 is 0 Å². The van der Waals surface area contributed by atoms with Gasteiger partial charge in [0.15, 0.2) is 0 Å². The van der Waals surface area contributed by atoms with Crippen molar-refractivity contribution in [2.24, 2.45) is 0 Å². The first-order chi connectivity index (χ1) is 12.1. The summed E-state index contributed by atoms with van der Waals surface area (Å²) in [4.78, 5) is 16.8. The Morgan fingerprint density at radius 1 is 1.16 bits per heavy atom. The number of amides is 1. The molecule has 0 atom stereocenters. The summed E-state index contributed by atoms with van der Waals surface area (Å²) in [6, 6.07) is 7.68. The van der Waals surface area contributed by atoms with E-state index in [0.717, 1.165) is 61.1 Å². The second kappa shape index (κ2) is 7.70. The molecule has 2 heterocycles. The van der Waals surface area contributed by atoms with Crippen molar-refractivity contribution in [3.05, 3.63) is 46.8 Å². The predicted molar refractivity (Wildman–Crippen MR) is 94.5 cm³/mol. The monoisotopic (exact) mass is 343 g/mol. The molecular formula is C19H25N3O3. The fourth-order valence-electron chi connectivity index (χ4n) is 3.14. The Kier molecular flexibility index (Phi) is 5.38. The van der Waals surface area contributed by atoms with Gasteiger partial charge in [0.2, 0.25) is 5.91 Å². The lowest BCUT2D eigenvalue weighted by Gasteiger charge is -2.34. The summed E-state index contributed by atoms with van der Waals surface area (Å²) in [5.74, 6) is 1.88. The van der Waals surface area contributed by atoms with Gasteiger partial charge in [0.25, 0.3) is 0 Å². The lowest BCUT2D eigenvalue weighted by atomic mass is 10.1. The van der Waals surface area contributed by atoms with Gasteiger partial charge in [0, 0.05) is 38.3 Å². The normalized spacial score (nSPS) is 15.4. The maximum Gasteiger partial charge on any atom is 0.227 e. The van der Waals surface area contributed by atoms with E-state index in [0.29, 0.717) is 6.42 Å². The van der Waals surface area contributed by atoms with Crippen LogP contribution in [0.25, 0.3) is 0 Å². The van der Waals surface area contributed by atoms with Crippen molar-refractivity contribution in [2.45, 2.75) is 26.8 Å². The van der Waals surface area contributed by atoms with Crippen LogP contribution in [-0.2, 0) is 17.8 Å². The highest BCUT2D eigenvalue weighted by Crippen LogP contribution is 2.17. The molecule has 6 heteroatoms. The zero-order chi connectivity index (χ0) is 17.8. The molecule has 1 amide bonds. The number of carbonyl (C=O) groups is 1. The minimum atomic E-state index is 0.183. The number of benzene rings is 1. The van der Waals surface area contributed by atoms with Crippen molar-refractivity contribution in [3.63, 3.8) is 0 Å².